The van der Waals surface area contributed by atoms with Crippen LogP contribution in [0.1, 0.15) is 25.0 Å². The van der Waals surface area contributed by atoms with Crippen LogP contribution in [0, 0.1) is 0 Å². The SMILES string of the molecule is CC1(C)c2ccccc2-c2cc(O)c(-c3nc4ccc(-c5cccc6ccccc56)cc4s3)cc21. The van der Waals surface area contributed by atoms with E-state index < -0.39 is 0 Å². The lowest BCUT2D eigenvalue weighted by Crippen LogP contribution is -2.14. The Kier molecular flexibility index (Phi) is 4.24. The molecular weight excluding hydrogens is 446 g/mol. The molecule has 0 unspecified atom stereocenters. The van der Waals surface area contributed by atoms with E-state index in [0.717, 1.165) is 26.4 Å². The van der Waals surface area contributed by atoms with Crippen LogP contribution in [0.4, 0.5) is 0 Å². The number of nitrogens with zero attached hydrogens (tertiary/aromatic N) is 1. The van der Waals surface area contributed by atoms with Gasteiger partial charge in [0, 0.05) is 5.41 Å². The molecule has 7 rings (SSSR count). The molecule has 1 aliphatic carbocycles. The van der Waals surface area contributed by atoms with Crippen LogP contribution in [0.5, 0.6) is 5.75 Å². The highest BCUT2D eigenvalue weighted by atomic mass is 32.1. The summed E-state index contributed by atoms with van der Waals surface area (Å²) in [6.07, 6.45) is 0. The Bertz CT molecular complexity index is 1790. The fraction of sp³-hybridized carbons (Fsp3) is 0.0938. The molecule has 0 saturated heterocycles. The smallest absolute Gasteiger partial charge is 0.128 e. The first-order valence-corrected chi connectivity index (χ1v) is 12.7. The molecule has 1 N–H and O–H groups in total. The van der Waals surface area contributed by atoms with E-state index in [1.54, 1.807) is 11.3 Å². The number of hydrogen-bond donors (Lipinski definition) is 1. The third-order valence-corrected chi connectivity index (χ3v) is 8.47. The lowest BCUT2D eigenvalue weighted by Gasteiger charge is -2.22. The minimum Gasteiger partial charge on any atom is -0.507 e. The fourth-order valence-corrected chi connectivity index (χ4v) is 6.62. The van der Waals surface area contributed by atoms with Gasteiger partial charge in [0.1, 0.15) is 10.8 Å². The van der Waals surface area contributed by atoms with Gasteiger partial charge in [-0.05, 0) is 68.4 Å². The predicted octanol–water partition coefficient (Wildman–Crippen LogP) is 8.80. The summed E-state index contributed by atoms with van der Waals surface area (Å²) in [5.41, 5.74) is 8.91. The van der Waals surface area contributed by atoms with Crippen molar-refractivity contribution in [1.29, 1.82) is 0 Å². The topological polar surface area (TPSA) is 33.1 Å². The first kappa shape index (κ1) is 20.4. The Morgan fingerprint density at radius 2 is 1.46 bits per heavy atom. The molecule has 6 aromatic rings. The number of aromatic hydroxyl groups is 1. The Morgan fingerprint density at radius 1 is 0.686 bits per heavy atom. The standard InChI is InChI=1S/C32H23NOS/c1-32(2)26-13-6-5-11-23(26)24-18-29(34)25(17-27(24)32)31-33-28-15-14-20(16-30(28)35-31)22-12-7-9-19-8-3-4-10-21(19)22/h3-18,34H,1-2H3. The lowest BCUT2D eigenvalue weighted by atomic mass is 9.82. The lowest BCUT2D eigenvalue weighted by molar-refractivity contribution is 0.477. The van der Waals surface area contributed by atoms with Crippen LogP contribution >= 0.6 is 11.3 Å². The number of benzene rings is 5. The van der Waals surface area contributed by atoms with Crippen molar-refractivity contribution in [2.75, 3.05) is 0 Å². The minimum absolute atomic E-state index is 0.118. The fourth-order valence-electron chi connectivity index (χ4n) is 5.59. The molecule has 0 atom stereocenters. The van der Waals surface area contributed by atoms with Crippen LogP contribution in [0.15, 0.2) is 97.1 Å². The maximum Gasteiger partial charge on any atom is 0.128 e. The molecule has 5 aromatic carbocycles. The number of thiazole rings is 1. The number of rotatable bonds is 2. The maximum atomic E-state index is 11.1. The monoisotopic (exact) mass is 469 g/mol. The highest BCUT2D eigenvalue weighted by Crippen LogP contribution is 2.52. The van der Waals surface area contributed by atoms with Gasteiger partial charge in [0.15, 0.2) is 0 Å². The molecule has 0 fully saturated rings. The van der Waals surface area contributed by atoms with E-state index in [2.05, 4.69) is 105 Å². The van der Waals surface area contributed by atoms with Crippen LogP contribution < -0.4 is 0 Å². The largest absolute Gasteiger partial charge is 0.507 e. The molecule has 0 saturated carbocycles. The number of aromatic nitrogens is 1. The number of fused-ring (bicyclic) bond motifs is 5. The van der Waals surface area contributed by atoms with E-state index in [9.17, 15) is 5.11 Å². The average Bonchev–Trinajstić information content (AvgIpc) is 3.39. The molecule has 2 nitrogen and oxygen atoms in total. The van der Waals surface area contributed by atoms with Crippen molar-refractivity contribution < 1.29 is 5.11 Å². The molecule has 0 spiro atoms. The van der Waals surface area contributed by atoms with Gasteiger partial charge < -0.3 is 5.11 Å². The summed E-state index contributed by atoms with van der Waals surface area (Å²) >= 11 is 1.64. The van der Waals surface area contributed by atoms with Gasteiger partial charge >= 0.3 is 0 Å². The molecule has 1 heterocycles. The number of phenols is 1. The van der Waals surface area contributed by atoms with Crippen LogP contribution in [0.2, 0.25) is 0 Å². The van der Waals surface area contributed by atoms with E-state index in [1.807, 2.05) is 6.07 Å². The highest BCUT2D eigenvalue weighted by molar-refractivity contribution is 7.21. The number of hydrogen-bond acceptors (Lipinski definition) is 3. The van der Waals surface area contributed by atoms with Gasteiger partial charge in [0.05, 0.1) is 15.8 Å². The number of phenolic OH excluding ortho intramolecular Hbond substituents is 1. The van der Waals surface area contributed by atoms with Crippen LogP contribution in [0.3, 0.4) is 0 Å². The summed E-state index contributed by atoms with van der Waals surface area (Å²) in [5.74, 6) is 0.282. The molecule has 1 aromatic heterocycles. The zero-order chi connectivity index (χ0) is 23.7. The van der Waals surface area contributed by atoms with Crippen molar-refractivity contribution in [3.8, 4) is 38.6 Å². The predicted molar refractivity (Wildman–Crippen MR) is 147 cm³/mol. The van der Waals surface area contributed by atoms with Crippen molar-refractivity contribution in [2.45, 2.75) is 19.3 Å². The average molecular weight is 470 g/mol. The first-order valence-electron chi connectivity index (χ1n) is 11.9. The summed E-state index contributed by atoms with van der Waals surface area (Å²) in [4.78, 5) is 4.92. The summed E-state index contributed by atoms with van der Waals surface area (Å²) in [6, 6.07) is 34.0. The molecule has 0 aliphatic heterocycles. The highest BCUT2D eigenvalue weighted by Gasteiger charge is 2.36. The summed E-state index contributed by atoms with van der Waals surface area (Å²) in [7, 11) is 0. The van der Waals surface area contributed by atoms with Crippen molar-refractivity contribution in [1.82, 2.24) is 4.98 Å². The normalized spacial score (nSPS) is 13.8. The third-order valence-electron chi connectivity index (χ3n) is 7.42. The van der Waals surface area contributed by atoms with E-state index >= 15 is 0 Å². The molecule has 3 heteroatoms. The van der Waals surface area contributed by atoms with Gasteiger partial charge in [-0.25, -0.2) is 4.98 Å². The molecule has 0 radical (unpaired) electrons. The van der Waals surface area contributed by atoms with Crippen molar-refractivity contribution in [2.24, 2.45) is 0 Å². The zero-order valence-electron chi connectivity index (χ0n) is 19.5. The Hall–Kier alpha value is -3.95. The van der Waals surface area contributed by atoms with Gasteiger partial charge in [-0.2, -0.15) is 0 Å². The Balaban J connectivity index is 1.36. The first-order chi connectivity index (χ1) is 17.0. The second-order valence-electron chi connectivity index (χ2n) is 9.81. The summed E-state index contributed by atoms with van der Waals surface area (Å²) in [5, 5.41) is 14.4. The van der Waals surface area contributed by atoms with Gasteiger partial charge in [-0.3, -0.25) is 0 Å². The Labute approximate surface area is 208 Å². The van der Waals surface area contributed by atoms with E-state index in [-0.39, 0.29) is 11.2 Å². The maximum absolute atomic E-state index is 11.1. The van der Waals surface area contributed by atoms with Gasteiger partial charge in [0.25, 0.3) is 0 Å². The third kappa shape index (κ3) is 2.98. The van der Waals surface area contributed by atoms with E-state index in [0.29, 0.717) is 0 Å². The molecule has 35 heavy (non-hydrogen) atoms. The van der Waals surface area contributed by atoms with Crippen molar-refractivity contribution >= 4 is 32.3 Å². The van der Waals surface area contributed by atoms with Crippen molar-refractivity contribution in [3.05, 3.63) is 108 Å². The van der Waals surface area contributed by atoms with Crippen LogP contribution in [0.25, 0.3) is 53.8 Å². The van der Waals surface area contributed by atoms with Gasteiger partial charge in [0.2, 0.25) is 0 Å². The van der Waals surface area contributed by atoms with Crippen LogP contribution in [-0.4, -0.2) is 10.1 Å². The second kappa shape index (κ2) is 7.27. The summed E-state index contributed by atoms with van der Waals surface area (Å²) < 4.78 is 1.12. The minimum atomic E-state index is -0.118. The van der Waals surface area contributed by atoms with Gasteiger partial charge in [-0.15, -0.1) is 11.3 Å². The molecule has 0 bridgehead atoms. The van der Waals surface area contributed by atoms with Crippen molar-refractivity contribution in [3.63, 3.8) is 0 Å². The van der Waals surface area contributed by atoms with E-state index in [4.69, 9.17) is 4.98 Å². The second-order valence-corrected chi connectivity index (χ2v) is 10.8. The van der Waals surface area contributed by atoms with Crippen LogP contribution in [-0.2, 0) is 5.41 Å². The molecule has 0 amide bonds. The van der Waals surface area contributed by atoms with E-state index in [1.165, 1.54) is 38.6 Å². The molecule has 1 aliphatic rings. The summed E-state index contributed by atoms with van der Waals surface area (Å²) in [6.45, 7) is 4.51. The quantitative estimate of drug-likeness (QED) is 0.275. The molecule has 168 valence electrons. The molecular formula is C32H23NOS. The Morgan fingerprint density at radius 3 is 2.37 bits per heavy atom. The zero-order valence-corrected chi connectivity index (χ0v) is 20.4. The van der Waals surface area contributed by atoms with Gasteiger partial charge in [-0.1, -0.05) is 86.6 Å².